The summed E-state index contributed by atoms with van der Waals surface area (Å²) >= 11 is 0. The first-order valence-corrected chi connectivity index (χ1v) is 16.0. The van der Waals surface area contributed by atoms with Crippen LogP contribution in [0.4, 0.5) is 0 Å². The molecule has 8 heteroatoms. The van der Waals surface area contributed by atoms with E-state index < -0.39 is 17.8 Å². The van der Waals surface area contributed by atoms with Gasteiger partial charge < -0.3 is 9.84 Å². The molecule has 0 radical (unpaired) electrons. The third kappa shape index (κ3) is 9.14. The molecule has 0 aromatic heterocycles. The average Bonchev–Trinajstić information content (AvgIpc) is 2.98. The summed E-state index contributed by atoms with van der Waals surface area (Å²) in [6.07, 6.45) is 18.9. The average molecular weight is 553 g/mol. The number of rotatable bonds is 13. The summed E-state index contributed by atoms with van der Waals surface area (Å²) in [6.45, 7) is 1.32. The third-order valence-electron chi connectivity index (χ3n) is 10.6. The summed E-state index contributed by atoms with van der Waals surface area (Å²) < 4.78 is 5.54. The molecule has 6 unspecified atom stereocenters. The van der Waals surface area contributed by atoms with Crippen molar-refractivity contribution in [2.45, 2.75) is 109 Å². The molecule has 4 fully saturated rings. The first-order chi connectivity index (χ1) is 19.1. The summed E-state index contributed by atoms with van der Waals surface area (Å²) in [5.74, 6) is 0.737. The van der Waals surface area contributed by atoms with Crippen molar-refractivity contribution >= 4 is 11.9 Å². The van der Waals surface area contributed by atoms with E-state index in [2.05, 4.69) is 4.89 Å². The fourth-order valence-corrected chi connectivity index (χ4v) is 8.30. The zero-order chi connectivity index (χ0) is 27.5. The number of carbonyl (C=O) groups excluding carboxylic acids is 1. The molecule has 0 aromatic rings. The number of carbonyl (C=O) groups is 2. The summed E-state index contributed by atoms with van der Waals surface area (Å²) in [5.41, 5.74) is 0. The summed E-state index contributed by atoms with van der Waals surface area (Å²) in [6, 6.07) is 0. The van der Waals surface area contributed by atoms with E-state index in [4.69, 9.17) is 19.8 Å². The number of hydrogen-bond donors (Lipinski definition) is 2. The molecule has 0 spiro atoms. The minimum absolute atomic E-state index is 0.202. The van der Waals surface area contributed by atoms with Crippen molar-refractivity contribution in [3.8, 4) is 0 Å². The lowest BCUT2D eigenvalue weighted by Crippen LogP contribution is -2.39. The second-order valence-electron chi connectivity index (χ2n) is 12.9. The molecule has 39 heavy (non-hydrogen) atoms. The Balaban J connectivity index is 1.14. The van der Waals surface area contributed by atoms with Crippen LogP contribution in [-0.2, 0) is 29.0 Å². The summed E-state index contributed by atoms with van der Waals surface area (Å²) in [7, 11) is 0. The van der Waals surface area contributed by atoms with Gasteiger partial charge in [0.15, 0.2) is 0 Å². The first kappa shape index (κ1) is 30.7. The molecule has 0 amide bonds. The van der Waals surface area contributed by atoms with Crippen molar-refractivity contribution in [1.82, 2.24) is 0 Å². The van der Waals surface area contributed by atoms with Gasteiger partial charge in [-0.1, -0.05) is 64.2 Å². The van der Waals surface area contributed by atoms with E-state index in [9.17, 15) is 14.7 Å². The molecule has 4 aliphatic carbocycles. The molecule has 4 saturated carbocycles. The fraction of sp³-hybridized carbons (Fsp3) is 0.935. The van der Waals surface area contributed by atoms with Gasteiger partial charge in [0.2, 0.25) is 0 Å². The highest BCUT2D eigenvalue weighted by Gasteiger charge is 2.42. The highest BCUT2D eigenvalue weighted by Crippen LogP contribution is 2.44. The molecule has 0 aliphatic heterocycles. The van der Waals surface area contributed by atoms with Gasteiger partial charge in [0.1, 0.15) is 0 Å². The SMILES string of the molecule is O=C(O)C1CCC(C2CCCCC2)CC1C(=O)OCCCOOCC1CC(C2CCCCC2)CCC1COO. The topological polar surface area (TPSA) is 112 Å². The van der Waals surface area contributed by atoms with Gasteiger partial charge in [-0.15, -0.1) is 0 Å². The minimum atomic E-state index is -0.880. The van der Waals surface area contributed by atoms with Gasteiger partial charge in [-0.2, -0.15) is 0 Å². The molecule has 0 heterocycles. The fourth-order valence-electron chi connectivity index (χ4n) is 8.30. The summed E-state index contributed by atoms with van der Waals surface area (Å²) in [4.78, 5) is 40.3. The van der Waals surface area contributed by atoms with Gasteiger partial charge in [-0.25, -0.2) is 14.7 Å². The molecule has 8 nitrogen and oxygen atoms in total. The minimum Gasteiger partial charge on any atom is -0.481 e. The Morgan fingerprint density at radius 1 is 0.615 bits per heavy atom. The number of hydrogen-bond acceptors (Lipinski definition) is 7. The second kappa shape index (κ2) is 16.3. The highest BCUT2D eigenvalue weighted by atomic mass is 17.2. The van der Waals surface area contributed by atoms with Crippen molar-refractivity contribution in [3.63, 3.8) is 0 Å². The Labute approximate surface area is 234 Å². The van der Waals surface area contributed by atoms with Gasteiger partial charge in [0.25, 0.3) is 0 Å². The predicted molar refractivity (Wildman–Crippen MR) is 145 cm³/mol. The maximum absolute atomic E-state index is 12.9. The molecule has 0 bridgehead atoms. The van der Waals surface area contributed by atoms with Gasteiger partial charge in [-0.3, -0.25) is 14.8 Å². The Hall–Kier alpha value is -1.22. The monoisotopic (exact) mass is 552 g/mol. The maximum Gasteiger partial charge on any atom is 0.309 e. The van der Waals surface area contributed by atoms with Crippen LogP contribution in [-0.4, -0.2) is 48.7 Å². The lowest BCUT2D eigenvalue weighted by molar-refractivity contribution is -0.311. The first-order valence-electron chi connectivity index (χ1n) is 16.0. The molecule has 4 rings (SSSR count). The van der Waals surface area contributed by atoms with E-state index in [1.165, 1.54) is 70.6 Å². The Bertz CT molecular complexity index is 732. The zero-order valence-corrected chi connectivity index (χ0v) is 23.8. The largest absolute Gasteiger partial charge is 0.481 e. The highest BCUT2D eigenvalue weighted by molar-refractivity contribution is 5.81. The van der Waals surface area contributed by atoms with Crippen LogP contribution in [0, 0.1) is 47.3 Å². The van der Waals surface area contributed by atoms with Crippen molar-refractivity contribution in [2.75, 3.05) is 26.4 Å². The van der Waals surface area contributed by atoms with E-state index in [0.29, 0.717) is 56.8 Å². The molecule has 224 valence electrons. The number of ether oxygens (including phenoxy) is 1. The van der Waals surface area contributed by atoms with Gasteiger partial charge in [0.05, 0.1) is 38.3 Å². The van der Waals surface area contributed by atoms with E-state index >= 15 is 0 Å². The number of carboxylic acid groups (broad SMARTS) is 1. The van der Waals surface area contributed by atoms with Crippen LogP contribution in [0.15, 0.2) is 0 Å². The third-order valence-corrected chi connectivity index (χ3v) is 10.6. The van der Waals surface area contributed by atoms with Gasteiger partial charge >= 0.3 is 11.9 Å². The molecular weight excluding hydrogens is 500 g/mol. The lowest BCUT2D eigenvalue weighted by Gasteiger charge is -2.40. The standard InChI is InChI=1S/C31H52O8/c32-30(33)28-15-14-25(23-10-5-2-6-11-23)19-29(28)31(34)36-16-7-17-38-39-21-27-18-24(12-13-26(27)20-37-35)22-8-3-1-4-9-22/h22-29,35H,1-21H2,(H,32,33). The van der Waals surface area contributed by atoms with Gasteiger partial charge in [0, 0.05) is 6.42 Å². The molecule has 2 N–H and O–H groups in total. The molecule has 6 atom stereocenters. The Kier molecular flexibility index (Phi) is 12.8. The van der Waals surface area contributed by atoms with Crippen LogP contribution < -0.4 is 0 Å². The van der Waals surface area contributed by atoms with Crippen LogP contribution >= 0.6 is 0 Å². The number of aliphatic carboxylic acids is 1. The van der Waals surface area contributed by atoms with Gasteiger partial charge in [-0.05, 0) is 74.0 Å². The van der Waals surface area contributed by atoms with Crippen molar-refractivity contribution in [2.24, 2.45) is 47.3 Å². The molecule has 0 aromatic carbocycles. The molecular formula is C31H52O8. The molecule has 0 saturated heterocycles. The Morgan fingerprint density at radius 3 is 1.90 bits per heavy atom. The van der Waals surface area contributed by atoms with Crippen LogP contribution in [0.5, 0.6) is 0 Å². The zero-order valence-electron chi connectivity index (χ0n) is 23.8. The van der Waals surface area contributed by atoms with Crippen LogP contribution in [0.3, 0.4) is 0 Å². The lowest BCUT2D eigenvalue weighted by atomic mass is 9.67. The van der Waals surface area contributed by atoms with Crippen molar-refractivity contribution in [3.05, 3.63) is 0 Å². The van der Waals surface area contributed by atoms with Crippen LogP contribution in [0.1, 0.15) is 109 Å². The quantitative estimate of drug-likeness (QED) is 0.113. The summed E-state index contributed by atoms with van der Waals surface area (Å²) in [5, 5.41) is 18.7. The molecule has 4 aliphatic rings. The Morgan fingerprint density at radius 2 is 1.26 bits per heavy atom. The normalized spacial score (nSPS) is 33.1. The van der Waals surface area contributed by atoms with Crippen molar-refractivity contribution < 1.29 is 39.4 Å². The predicted octanol–water partition coefficient (Wildman–Crippen LogP) is 6.67. The number of carboxylic acids is 1. The van der Waals surface area contributed by atoms with E-state index in [-0.39, 0.29) is 18.5 Å². The van der Waals surface area contributed by atoms with Crippen LogP contribution in [0.2, 0.25) is 0 Å². The van der Waals surface area contributed by atoms with E-state index in [1.54, 1.807) is 0 Å². The second-order valence-corrected chi connectivity index (χ2v) is 12.9. The van der Waals surface area contributed by atoms with E-state index in [0.717, 1.165) is 31.1 Å². The maximum atomic E-state index is 12.9. The van der Waals surface area contributed by atoms with Crippen molar-refractivity contribution in [1.29, 1.82) is 0 Å². The van der Waals surface area contributed by atoms with E-state index in [1.807, 2.05) is 0 Å². The van der Waals surface area contributed by atoms with Crippen LogP contribution in [0.25, 0.3) is 0 Å². The number of esters is 1. The smallest absolute Gasteiger partial charge is 0.309 e.